The number of amides is 1. The summed E-state index contributed by atoms with van der Waals surface area (Å²) in [5.41, 5.74) is 0.575. The van der Waals surface area contributed by atoms with E-state index in [4.69, 9.17) is 9.84 Å². The van der Waals surface area contributed by atoms with Crippen LogP contribution in [0.5, 0.6) is 0 Å². The zero-order valence-electron chi connectivity index (χ0n) is 12.0. The molecule has 1 N–H and O–H groups in total. The van der Waals surface area contributed by atoms with E-state index in [1.54, 1.807) is 26.0 Å². The predicted octanol–water partition coefficient (Wildman–Crippen LogP) is 1.63. The van der Waals surface area contributed by atoms with E-state index in [0.717, 1.165) is 0 Å². The largest absolute Gasteiger partial charge is 0.479 e. The minimum atomic E-state index is -1.09. The molecule has 0 saturated carbocycles. The second kappa shape index (κ2) is 6.22. The molecule has 3 atom stereocenters. The van der Waals surface area contributed by atoms with Gasteiger partial charge in [0, 0.05) is 6.54 Å². The van der Waals surface area contributed by atoms with Gasteiger partial charge in [-0.15, -0.1) is 0 Å². The average molecular weight is 295 g/mol. The fourth-order valence-corrected chi connectivity index (χ4v) is 2.46. The highest BCUT2D eigenvalue weighted by atomic mass is 19.1. The first kappa shape index (κ1) is 15.4. The normalized spacial score (nSPS) is 23.7. The third kappa shape index (κ3) is 3.58. The first-order chi connectivity index (χ1) is 9.88. The number of ether oxygens (including phenoxy) is 1. The Morgan fingerprint density at radius 2 is 2.14 bits per heavy atom. The van der Waals surface area contributed by atoms with E-state index >= 15 is 0 Å². The lowest BCUT2D eigenvalue weighted by atomic mass is 9.99. The summed E-state index contributed by atoms with van der Waals surface area (Å²) in [6.45, 7) is 3.76. The SMILES string of the molecule is CC(C(=O)N1CC(C(=O)O)O[C@H](C)C1)c1cccc(F)c1. The van der Waals surface area contributed by atoms with E-state index in [-0.39, 0.29) is 18.6 Å². The number of hydrogen-bond acceptors (Lipinski definition) is 3. The number of nitrogens with zero attached hydrogens (tertiary/aromatic N) is 1. The summed E-state index contributed by atoms with van der Waals surface area (Å²) in [6, 6.07) is 5.87. The summed E-state index contributed by atoms with van der Waals surface area (Å²) < 4.78 is 18.5. The van der Waals surface area contributed by atoms with E-state index in [1.807, 2.05) is 0 Å². The molecule has 0 aliphatic carbocycles. The van der Waals surface area contributed by atoms with Crippen LogP contribution in [0.3, 0.4) is 0 Å². The van der Waals surface area contributed by atoms with Crippen LogP contribution in [0.25, 0.3) is 0 Å². The molecule has 0 bridgehead atoms. The monoisotopic (exact) mass is 295 g/mol. The molecule has 1 amide bonds. The van der Waals surface area contributed by atoms with Crippen molar-refractivity contribution < 1.29 is 23.8 Å². The number of carboxylic acid groups (broad SMARTS) is 1. The number of morpholine rings is 1. The molecular formula is C15H18FNO4. The molecule has 0 radical (unpaired) electrons. The molecule has 6 heteroatoms. The lowest BCUT2D eigenvalue weighted by molar-refractivity contribution is -0.166. The number of benzene rings is 1. The van der Waals surface area contributed by atoms with Crippen LogP contribution in [0, 0.1) is 5.82 Å². The van der Waals surface area contributed by atoms with Crippen molar-refractivity contribution >= 4 is 11.9 Å². The second-order valence-electron chi connectivity index (χ2n) is 5.29. The van der Waals surface area contributed by atoms with E-state index in [1.165, 1.54) is 17.0 Å². The molecule has 2 unspecified atom stereocenters. The Morgan fingerprint density at radius 3 is 2.76 bits per heavy atom. The summed E-state index contributed by atoms with van der Waals surface area (Å²) >= 11 is 0. The quantitative estimate of drug-likeness (QED) is 0.920. The molecular weight excluding hydrogens is 277 g/mol. The smallest absolute Gasteiger partial charge is 0.334 e. The average Bonchev–Trinajstić information content (AvgIpc) is 2.45. The summed E-state index contributed by atoms with van der Waals surface area (Å²) in [5.74, 6) is -2.23. The molecule has 1 aliphatic heterocycles. The molecule has 5 nitrogen and oxygen atoms in total. The maximum atomic E-state index is 13.2. The van der Waals surface area contributed by atoms with Crippen molar-refractivity contribution in [3.63, 3.8) is 0 Å². The number of carbonyl (C=O) groups excluding carboxylic acids is 1. The summed E-state index contributed by atoms with van der Waals surface area (Å²) in [7, 11) is 0. The van der Waals surface area contributed by atoms with Gasteiger partial charge in [0.1, 0.15) is 5.82 Å². The van der Waals surface area contributed by atoms with Crippen LogP contribution in [0.15, 0.2) is 24.3 Å². The number of hydrogen-bond donors (Lipinski definition) is 1. The van der Waals surface area contributed by atoms with Gasteiger partial charge in [0.2, 0.25) is 5.91 Å². The van der Waals surface area contributed by atoms with Crippen LogP contribution in [-0.2, 0) is 14.3 Å². The molecule has 1 aromatic carbocycles. The number of carboxylic acids is 1. The molecule has 21 heavy (non-hydrogen) atoms. The van der Waals surface area contributed by atoms with Gasteiger partial charge in [-0.3, -0.25) is 4.79 Å². The molecule has 1 aliphatic rings. The lowest BCUT2D eigenvalue weighted by Gasteiger charge is -2.36. The highest BCUT2D eigenvalue weighted by Crippen LogP contribution is 2.21. The first-order valence-corrected chi connectivity index (χ1v) is 6.81. The Bertz CT molecular complexity index is 548. The number of carbonyl (C=O) groups is 2. The molecule has 1 aromatic rings. The van der Waals surface area contributed by atoms with Crippen LogP contribution >= 0.6 is 0 Å². The molecule has 1 saturated heterocycles. The van der Waals surface area contributed by atoms with Gasteiger partial charge >= 0.3 is 5.97 Å². The standard InChI is InChI=1S/C15H18FNO4/c1-9-7-17(8-13(21-9)15(19)20)14(18)10(2)11-4-3-5-12(16)6-11/h3-6,9-10,13H,7-8H2,1-2H3,(H,19,20)/t9-,10?,13?/m1/s1. The van der Waals surface area contributed by atoms with Crippen LogP contribution in [-0.4, -0.2) is 47.2 Å². The Labute approximate surface area is 122 Å². The minimum Gasteiger partial charge on any atom is -0.479 e. The Balaban J connectivity index is 2.13. The maximum absolute atomic E-state index is 13.2. The zero-order chi connectivity index (χ0) is 15.6. The third-order valence-corrected chi connectivity index (χ3v) is 3.57. The van der Waals surface area contributed by atoms with Crippen molar-refractivity contribution in [3.05, 3.63) is 35.6 Å². The van der Waals surface area contributed by atoms with Crippen LogP contribution in [0.2, 0.25) is 0 Å². The maximum Gasteiger partial charge on any atom is 0.334 e. The summed E-state index contributed by atoms with van der Waals surface area (Å²) in [5, 5.41) is 9.04. The fraction of sp³-hybridized carbons (Fsp3) is 0.467. The molecule has 1 fully saturated rings. The number of rotatable bonds is 3. The fourth-order valence-electron chi connectivity index (χ4n) is 2.46. The Kier molecular flexibility index (Phi) is 4.57. The van der Waals surface area contributed by atoms with Gasteiger partial charge in [0.15, 0.2) is 6.10 Å². The van der Waals surface area contributed by atoms with Gasteiger partial charge in [-0.2, -0.15) is 0 Å². The molecule has 114 valence electrons. The third-order valence-electron chi connectivity index (χ3n) is 3.57. The minimum absolute atomic E-state index is 0.0121. The predicted molar refractivity (Wildman–Crippen MR) is 73.4 cm³/mol. The molecule has 0 aromatic heterocycles. The lowest BCUT2D eigenvalue weighted by Crippen LogP contribution is -2.52. The highest BCUT2D eigenvalue weighted by Gasteiger charge is 2.34. The van der Waals surface area contributed by atoms with Gasteiger partial charge in [-0.05, 0) is 31.5 Å². The van der Waals surface area contributed by atoms with E-state index in [2.05, 4.69) is 0 Å². The van der Waals surface area contributed by atoms with Gasteiger partial charge in [0.25, 0.3) is 0 Å². The van der Waals surface area contributed by atoms with E-state index in [0.29, 0.717) is 12.1 Å². The highest BCUT2D eigenvalue weighted by molar-refractivity contribution is 5.84. The number of aliphatic carboxylic acids is 1. The van der Waals surface area contributed by atoms with Crippen LogP contribution in [0.1, 0.15) is 25.3 Å². The molecule has 0 spiro atoms. The number of halogens is 1. The summed E-state index contributed by atoms with van der Waals surface area (Å²) in [4.78, 5) is 25.0. The van der Waals surface area contributed by atoms with Gasteiger partial charge in [-0.25, -0.2) is 9.18 Å². The second-order valence-corrected chi connectivity index (χ2v) is 5.29. The van der Waals surface area contributed by atoms with Crippen molar-refractivity contribution in [2.24, 2.45) is 0 Å². The van der Waals surface area contributed by atoms with Crippen LogP contribution < -0.4 is 0 Å². The zero-order valence-corrected chi connectivity index (χ0v) is 12.0. The van der Waals surface area contributed by atoms with Crippen molar-refractivity contribution in [3.8, 4) is 0 Å². The van der Waals surface area contributed by atoms with Gasteiger partial charge < -0.3 is 14.7 Å². The first-order valence-electron chi connectivity index (χ1n) is 6.81. The van der Waals surface area contributed by atoms with E-state index < -0.39 is 23.8 Å². The Hall–Kier alpha value is -1.95. The van der Waals surface area contributed by atoms with Gasteiger partial charge in [0.05, 0.1) is 18.6 Å². The van der Waals surface area contributed by atoms with Crippen molar-refractivity contribution in [1.82, 2.24) is 4.90 Å². The summed E-state index contributed by atoms with van der Waals surface area (Å²) in [6.07, 6.45) is -1.36. The molecule has 2 rings (SSSR count). The Morgan fingerprint density at radius 1 is 1.43 bits per heavy atom. The van der Waals surface area contributed by atoms with Crippen LogP contribution in [0.4, 0.5) is 4.39 Å². The van der Waals surface area contributed by atoms with Crippen molar-refractivity contribution in [2.75, 3.05) is 13.1 Å². The van der Waals surface area contributed by atoms with Crippen molar-refractivity contribution in [1.29, 1.82) is 0 Å². The van der Waals surface area contributed by atoms with E-state index in [9.17, 15) is 14.0 Å². The molecule has 1 heterocycles. The van der Waals surface area contributed by atoms with Gasteiger partial charge in [-0.1, -0.05) is 12.1 Å². The topological polar surface area (TPSA) is 66.8 Å². The van der Waals surface area contributed by atoms with Crippen molar-refractivity contribution in [2.45, 2.75) is 32.0 Å².